The molecule has 118 valence electrons. The number of halogens is 1. The van der Waals surface area contributed by atoms with Crippen molar-refractivity contribution < 1.29 is 8.42 Å². The molecule has 0 amide bonds. The molecule has 1 saturated carbocycles. The first-order chi connectivity index (χ1) is 9.77. The number of hydrogen-bond donors (Lipinski definition) is 2. The predicted molar refractivity (Wildman–Crippen MR) is 83.7 cm³/mol. The van der Waals surface area contributed by atoms with Crippen LogP contribution in [0.15, 0.2) is 17.2 Å². The highest BCUT2D eigenvalue weighted by Crippen LogP contribution is 2.33. The number of nitrogens with two attached hydrogens (primary N) is 1. The van der Waals surface area contributed by atoms with Gasteiger partial charge in [-0.25, -0.2) is 18.1 Å². The SMILES string of the molecule is CN(C)C1(CNS(=O)(=O)c2cnc(N)c(Cl)c2)CCCC1. The van der Waals surface area contributed by atoms with Gasteiger partial charge in [-0.2, -0.15) is 0 Å². The molecule has 3 N–H and O–H groups in total. The molecule has 0 atom stereocenters. The van der Waals surface area contributed by atoms with Crippen LogP contribution in [0, 0.1) is 0 Å². The van der Waals surface area contributed by atoms with Crippen molar-refractivity contribution in [2.45, 2.75) is 36.1 Å². The molecule has 1 aromatic rings. The van der Waals surface area contributed by atoms with E-state index in [-0.39, 0.29) is 21.3 Å². The van der Waals surface area contributed by atoms with Gasteiger partial charge >= 0.3 is 0 Å². The number of rotatable bonds is 5. The average Bonchev–Trinajstić information content (AvgIpc) is 2.90. The molecular formula is C13H21ClN4O2S. The highest BCUT2D eigenvalue weighted by molar-refractivity contribution is 7.89. The molecule has 0 aromatic carbocycles. The molecular weight excluding hydrogens is 312 g/mol. The van der Waals surface area contributed by atoms with E-state index < -0.39 is 10.0 Å². The van der Waals surface area contributed by atoms with Crippen LogP contribution in [-0.4, -0.2) is 44.5 Å². The first-order valence-electron chi connectivity index (χ1n) is 6.85. The van der Waals surface area contributed by atoms with E-state index in [9.17, 15) is 8.42 Å². The fourth-order valence-corrected chi connectivity index (χ4v) is 4.03. The molecule has 1 aromatic heterocycles. The van der Waals surface area contributed by atoms with Crippen LogP contribution < -0.4 is 10.5 Å². The zero-order valence-corrected chi connectivity index (χ0v) is 13.8. The molecule has 0 unspecified atom stereocenters. The molecule has 0 spiro atoms. The van der Waals surface area contributed by atoms with Gasteiger partial charge in [-0.15, -0.1) is 0 Å². The maximum absolute atomic E-state index is 12.3. The van der Waals surface area contributed by atoms with E-state index in [1.807, 2.05) is 14.1 Å². The Bertz CT molecular complexity index is 613. The minimum Gasteiger partial charge on any atom is -0.382 e. The minimum atomic E-state index is -3.64. The van der Waals surface area contributed by atoms with Gasteiger partial charge in [0.1, 0.15) is 10.7 Å². The van der Waals surface area contributed by atoms with Gasteiger partial charge in [0.15, 0.2) is 0 Å². The van der Waals surface area contributed by atoms with Crippen LogP contribution in [0.25, 0.3) is 0 Å². The van der Waals surface area contributed by atoms with Crippen LogP contribution in [0.5, 0.6) is 0 Å². The Labute approximate surface area is 130 Å². The lowest BCUT2D eigenvalue weighted by Crippen LogP contribution is -2.50. The number of nitrogens with zero attached hydrogens (tertiary/aromatic N) is 2. The molecule has 0 radical (unpaired) electrons. The summed E-state index contributed by atoms with van der Waals surface area (Å²) in [6, 6.07) is 1.32. The van der Waals surface area contributed by atoms with Crippen LogP contribution >= 0.6 is 11.6 Å². The molecule has 1 aliphatic rings. The molecule has 2 rings (SSSR count). The Kier molecular flexibility index (Phi) is 4.77. The molecule has 1 fully saturated rings. The normalized spacial score (nSPS) is 18.3. The second-order valence-electron chi connectivity index (χ2n) is 5.69. The third-order valence-corrected chi connectivity index (χ3v) is 5.90. The van der Waals surface area contributed by atoms with Gasteiger partial charge in [0.05, 0.1) is 5.02 Å². The molecule has 0 bridgehead atoms. The largest absolute Gasteiger partial charge is 0.382 e. The maximum Gasteiger partial charge on any atom is 0.242 e. The van der Waals surface area contributed by atoms with Crippen LogP contribution in [0.3, 0.4) is 0 Å². The monoisotopic (exact) mass is 332 g/mol. The van der Waals surface area contributed by atoms with Crippen molar-refractivity contribution in [1.29, 1.82) is 0 Å². The van der Waals surface area contributed by atoms with Crippen LogP contribution in [0.1, 0.15) is 25.7 Å². The number of anilines is 1. The summed E-state index contributed by atoms with van der Waals surface area (Å²) >= 11 is 5.84. The summed E-state index contributed by atoms with van der Waals surface area (Å²) in [5.74, 6) is 0.121. The lowest BCUT2D eigenvalue weighted by atomic mass is 9.97. The number of hydrogen-bond acceptors (Lipinski definition) is 5. The van der Waals surface area contributed by atoms with E-state index in [2.05, 4.69) is 14.6 Å². The Morgan fingerprint density at radius 1 is 1.43 bits per heavy atom. The maximum atomic E-state index is 12.3. The van der Waals surface area contributed by atoms with Crippen molar-refractivity contribution in [3.63, 3.8) is 0 Å². The molecule has 6 nitrogen and oxygen atoms in total. The number of nitrogen functional groups attached to an aromatic ring is 1. The quantitative estimate of drug-likeness (QED) is 0.852. The van der Waals surface area contributed by atoms with Crippen molar-refractivity contribution in [3.05, 3.63) is 17.3 Å². The highest BCUT2D eigenvalue weighted by atomic mass is 35.5. The van der Waals surface area contributed by atoms with Gasteiger partial charge in [-0.3, -0.25) is 0 Å². The Hall–Kier alpha value is -0.890. The fraction of sp³-hybridized carbons (Fsp3) is 0.615. The van der Waals surface area contributed by atoms with E-state index in [0.717, 1.165) is 25.7 Å². The van der Waals surface area contributed by atoms with Gasteiger partial charge in [0.2, 0.25) is 10.0 Å². The van der Waals surface area contributed by atoms with Crippen molar-refractivity contribution in [3.8, 4) is 0 Å². The van der Waals surface area contributed by atoms with E-state index in [1.165, 1.54) is 12.3 Å². The van der Waals surface area contributed by atoms with Crippen LogP contribution in [0.2, 0.25) is 5.02 Å². The third-order valence-electron chi connectivity index (χ3n) is 4.23. The molecule has 21 heavy (non-hydrogen) atoms. The summed E-state index contributed by atoms with van der Waals surface area (Å²) in [5.41, 5.74) is 5.39. The second-order valence-corrected chi connectivity index (χ2v) is 7.86. The first-order valence-corrected chi connectivity index (χ1v) is 8.71. The summed E-state index contributed by atoms with van der Waals surface area (Å²) < 4.78 is 27.4. The van der Waals surface area contributed by atoms with E-state index in [1.54, 1.807) is 0 Å². The Balaban J connectivity index is 2.15. The van der Waals surface area contributed by atoms with Crippen molar-refractivity contribution >= 4 is 27.4 Å². The zero-order chi connectivity index (χ0) is 15.7. The first kappa shape index (κ1) is 16.5. The lowest BCUT2D eigenvalue weighted by Gasteiger charge is -2.36. The van der Waals surface area contributed by atoms with Gasteiger partial charge in [-0.05, 0) is 33.0 Å². The van der Waals surface area contributed by atoms with E-state index in [0.29, 0.717) is 6.54 Å². The number of nitrogens with one attached hydrogen (secondary N) is 1. The smallest absolute Gasteiger partial charge is 0.242 e. The number of likely N-dealkylation sites (N-methyl/N-ethyl adjacent to an activating group) is 1. The van der Waals surface area contributed by atoms with E-state index in [4.69, 9.17) is 17.3 Å². The zero-order valence-electron chi connectivity index (χ0n) is 12.3. The van der Waals surface area contributed by atoms with Crippen LogP contribution in [-0.2, 0) is 10.0 Å². The van der Waals surface area contributed by atoms with Gasteiger partial charge in [-0.1, -0.05) is 24.4 Å². The summed E-state index contributed by atoms with van der Waals surface area (Å²) in [6.45, 7) is 0.379. The molecule has 8 heteroatoms. The molecule has 1 heterocycles. The van der Waals surface area contributed by atoms with Gasteiger partial charge in [0, 0.05) is 18.3 Å². The van der Waals surface area contributed by atoms with Gasteiger partial charge in [0.25, 0.3) is 0 Å². The summed E-state index contributed by atoms with van der Waals surface area (Å²) in [6.07, 6.45) is 5.44. The summed E-state index contributed by atoms with van der Waals surface area (Å²) in [7, 11) is 0.337. The molecule has 0 saturated heterocycles. The molecule has 0 aliphatic heterocycles. The van der Waals surface area contributed by atoms with Crippen molar-refractivity contribution in [1.82, 2.24) is 14.6 Å². The number of aromatic nitrogens is 1. The molecule has 1 aliphatic carbocycles. The minimum absolute atomic E-state index is 0.0357. The predicted octanol–water partition coefficient (Wildman–Crippen LogP) is 1.47. The topological polar surface area (TPSA) is 88.3 Å². The second kappa shape index (κ2) is 6.08. The van der Waals surface area contributed by atoms with Crippen LogP contribution in [0.4, 0.5) is 5.82 Å². The fourth-order valence-electron chi connectivity index (χ4n) is 2.71. The Morgan fingerprint density at radius 2 is 2.05 bits per heavy atom. The van der Waals surface area contributed by atoms with E-state index >= 15 is 0 Å². The standard InChI is InChI=1S/C13H21ClN4O2S/c1-18(2)13(5-3-4-6-13)9-17-21(19,20)10-7-11(14)12(15)16-8-10/h7-8,17H,3-6,9H2,1-2H3,(H2,15,16). The summed E-state index contributed by atoms with van der Waals surface area (Å²) in [5, 5.41) is 0.140. The van der Waals surface area contributed by atoms with Gasteiger partial charge < -0.3 is 10.6 Å². The summed E-state index contributed by atoms with van der Waals surface area (Å²) in [4.78, 5) is 5.94. The Morgan fingerprint density at radius 3 is 2.57 bits per heavy atom. The third kappa shape index (κ3) is 3.48. The van der Waals surface area contributed by atoms with Crippen molar-refractivity contribution in [2.75, 3.05) is 26.4 Å². The number of sulfonamides is 1. The van der Waals surface area contributed by atoms with Crippen molar-refractivity contribution in [2.24, 2.45) is 0 Å². The number of pyridine rings is 1. The highest BCUT2D eigenvalue weighted by Gasteiger charge is 2.37. The lowest BCUT2D eigenvalue weighted by molar-refractivity contribution is 0.162. The average molecular weight is 333 g/mol.